The number of aliphatic carboxylic acids is 1. The maximum Gasteiger partial charge on any atom is 0.411 e. The predicted octanol–water partition coefficient (Wildman–Crippen LogP) is 2.05. The molecule has 1 rings (SSSR count). The third-order valence-electron chi connectivity index (χ3n) is 2.21. The Morgan fingerprint density at radius 1 is 1.31 bits per heavy atom. The van der Waals surface area contributed by atoms with Crippen LogP contribution >= 0.6 is 0 Å². The van der Waals surface area contributed by atoms with Gasteiger partial charge in [0.05, 0.1) is 13.0 Å². The van der Waals surface area contributed by atoms with Crippen LogP contribution in [0.2, 0.25) is 0 Å². The zero-order valence-electron chi connectivity index (χ0n) is 9.06. The van der Waals surface area contributed by atoms with E-state index >= 15 is 0 Å². The Kier molecular flexibility index (Phi) is 3.88. The Hall–Kier alpha value is -2.04. The fourth-order valence-electron chi connectivity index (χ4n) is 1.17. The molecule has 0 saturated heterocycles. The summed E-state index contributed by atoms with van der Waals surface area (Å²) in [5.41, 5.74) is 1.25. The average molecular weight is 223 g/mol. The second-order valence-electron chi connectivity index (χ2n) is 3.30. The van der Waals surface area contributed by atoms with Crippen molar-refractivity contribution < 1.29 is 19.4 Å². The Balaban J connectivity index is 2.75. The zero-order chi connectivity index (χ0) is 12.1. The van der Waals surface area contributed by atoms with E-state index in [0.29, 0.717) is 11.3 Å². The third kappa shape index (κ3) is 2.98. The van der Waals surface area contributed by atoms with E-state index in [1.54, 1.807) is 31.2 Å². The third-order valence-corrected chi connectivity index (χ3v) is 2.21. The van der Waals surface area contributed by atoms with Crippen molar-refractivity contribution in [3.05, 3.63) is 29.8 Å². The molecule has 5 heteroatoms. The first-order chi connectivity index (χ1) is 7.54. The smallest absolute Gasteiger partial charge is 0.411 e. The molecule has 1 atom stereocenters. The van der Waals surface area contributed by atoms with Gasteiger partial charge in [-0.3, -0.25) is 10.1 Å². The van der Waals surface area contributed by atoms with Crippen molar-refractivity contribution in [2.75, 3.05) is 12.4 Å². The fraction of sp³-hybridized carbons (Fsp3) is 0.273. The van der Waals surface area contributed by atoms with Crippen LogP contribution < -0.4 is 5.32 Å². The van der Waals surface area contributed by atoms with Crippen LogP contribution in [-0.2, 0) is 9.53 Å². The molecule has 1 aromatic carbocycles. The number of ether oxygens (including phenoxy) is 1. The lowest BCUT2D eigenvalue weighted by Gasteiger charge is -2.08. The van der Waals surface area contributed by atoms with Crippen LogP contribution in [0.1, 0.15) is 18.4 Å². The van der Waals surface area contributed by atoms with Gasteiger partial charge in [-0.05, 0) is 24.6 Å². The Morgan fingerprint density at radius 3 is 2.31 bits per heavy atom. The van der Waals surface area contributed by atoms with Crippen LogP contribution in [0.4, 0.5) is 10.5 Å². The highest BCUT2D eigenvalue weighted by Gasteiger charge is 2.13. The number of hydrogen-bond acceptors (Lipinski definition) is 3. The van der Waals surface area contributed by atoms with Crippen LogP contribution in [-0.4, -0.2) is 24.3 Å². The van der Waals surface area contributed by atoms with E-state index in [1.165, 1.54) is 7.11 Å². The van der Waals surface area contributed by atoms with Gasteiger partial charge in [-0.25, -0.2) is 4.79 Å². The van der Waals surface area contributed by atoms with Gasteiger partial charge in [0.15, 0.2) is 0 Å². The summed E-state index contributed by atoms with van der Waals surface area (Å²) in [5.74, 6) is -1.44. The molecular formula is C11H13NO4. The lowest BCUT2D eigenvalue weighted by Crippen LogP contribution is -2.11. The maximum absolute atomic E-state index is 10.9. The van der Waals surface area contributed by atoms with E-state index in [-0.39, 0.29) is 0 Å². The van der Waals surface area contributed by atoms with Crippen molar-refractivity contribution in [1.82, 2.24) is 0 Å². The van der Waals surface area contributed by atoms with Gasteiger partial charge in [-0.2, -0.15) is 0 Å². The Bertz CT molecular complexity index is 385. The largest absolute Gasteiger partial charge is 0.481 e. The molecule has 0 aliphatic carbocycles. The molecule has 0 bridgehead atoms. The standard InChI is InChI=1S/C11H13NO4/c1-7(10(13)14)8-3-5-9(6-4-8)12-11(15)16-2/h3-7H,1-2H3,(H,12,15)(H,13,14). The van der Waals surface area contributed by atoms with E-state index in [2.05, 4.69) is 10.1 Å². The Morgan fingerprint density at radius 2 is 1.88 bits per heavy atom. The van der Waals surface area contributed by atoms with Crippen LogP contribution in [0.5, 0.6) is 0 Å². The second-order valence-corrected chi connectivity index (χ2v) is 3.30. The number of methoxy groups -OCH3 is 1. The first-order valence-corrected chi connectivity index (χ1v) is 4.72. The summed E-state index contributed by atoms with van der Waals surface area (Å²) in [5, 5.41) is 11.3. The normalized spacial score (nSPS) is 11.6. The molecule has 5 nitrogen and oxygen atoms in total. The van der Waals surface area contributed by atoms with Crippen molar-refractivity contribution in [2.24, 2.45) is 0 Å². The average Bonchev–Trinajstić information content (AvgIpc) is 2.28. The molecular weight excluding hydrogens is 210 g/mol. The quantitative estimate of drug-likeness (QED) is 0.822. The fourth-order valence-corrected chi connectivity index (χ4v) is 1.17. The summed E-state index contributed by atoms with van der Waals surface area (Å²) in [6, 6.07) is 6.57. The second kappa shape index (κ2) is 5.16. The highest BCUT2D eigenvalue weighted by Crippen LogP contribution is 2.18. The highest BCUT2D eigenvalue weighted by molar-refractivity contribution is 5.84. The number of amides is 1. The van der Waals surface area contributed by atoms with Gasteiger partial charge in [0.1, 0.15) is 0 Å². The predicted molar refractivity (Wildman–Crippen MR) is 58.5 cm³/mol. The van der Waals surface area contributed by atoms with E-state index in [4.69, 9.17) is 5.11 Å². The summed E-state index contributed by atoms with van der Waals surface area (Å²) >= 11 is 0. The first kappa shape index (κ1) is 12.0. The number of hydrogen-bond donors (Lipinski definition) is 2. The summed E-state index contributed by atoms with van der Waals surface area (Å²) in [7, 11) is 1.27. The molecule has 0 fully saturated rings. The molecule has 1 aromatic rings. The van der Waals surface area contributed by atoms with Crippen LogP contribution in [0.15, 0.2) is 24.3 Å². The molecule has 0 spiro atoms. The zero-order valence-corrected chi connectivity index (χ0v) is 9.06. The molecule has 86 valence electrons. The summed E-state index contributed by atoms with van der Waals surface area (Å²) in [6.45, 7) is 1.60. The lowest BCUT2D eigenvalue weighted by atomic mass is 10.0. The summed E-state index contributed by atoms with van der Waals surface area (Å²) < 4.78 is 4.43. The number of carboxylic acids is 1. The molecule has 0 aliphatic heterocycles. The number of anilines is 1. The number of carbonyl (C=O) groups is 2. The van der Waals surface area contributed by atoms with E-state index in [9.17, 15) is 9.59 Å². The molecule has 16 heavy (non-hydrogen) atoms. The van der Waals surface area contributed by atoms with Gasteiger partial charge in [0.25, 0.3) is 0 Å². The van der Waals surface area contributed by atoms with Crippen LogP contribution in [0, 0.1) is 0 Å². The van der Waals surface area contributed by atoms with Crippen molar-refractivity contribution >= 4 is 17.7 Å². The van der Waals surface area contributed by atoms with Crippen molar-refractivity contribution in [3.8, 4) is 0 Å². The SMILES string of the molecule is COC(=O)Nc1ccc(C(C)C(=O)O)cc1. The van der Waals surface area contributed by atoms with Gasteiger partial charge in [0.2, 0.25) is 0 Å². The molecule has 0 aromatic heterocycles. The Labute approximate surface area is 93.0 Å². The van der Waals surface area contributed by atoms with E-state index < -0.39 is 18.0 Å². The monoisotopic (exact) mass is 223 g/mol. The van der Waals surface area contributed by atoms with Gasteiger partial charge in [-0.15, -0.1) is 0 Å². The molecule has 0 heterocycles. The van der Waals surface area contributed by atoms with Crippen molar-refractivity contribution in [3.63, 3.8) is 0 Å². The van der Waals surface area contributed by atoms with E-state index in [0.717, 1.165) is 0 Å². The topological polar surface area (TPSA) is 75.6 Å². The summed E-state index contributed by atoms with van der Waals surface area (Å²) in [6.07, 6.45) is -0.556. The summed E-state index contributed by atoms with van der Waals surface area (Å²) in [4.78, 5) is 21.6. The minimum Gasteiger partial charge on any atom is -0.481 e. The molecule has 0 saturated carbocycles. The molecule has 0 radical (unpaired) electrons. The molecule has 2 N–H and O–H groups in total. The first-order valence-electron chi connectivity index (χ1n) is 4.72. The number of rotatable bonds is 3. The lowest BCUT2D eigenvalue weighted by molar-refractivity contribution is -0.138. The van der Waals surface area contributed by atoms with E-state index in [1.807, 2.05) is 0 Å². The number of nitrogens with one attached hydrogen (secondary N) is 1. The van der Waals surface area contributed by atoms with Gasteiger partial charge in [0, 0.05) is 5.69 Å². The molecule has 1 unspecified atom stereocenters. The van der Waals surface area contributed by atoms with Gasteiger partial charge < -0.3 is 9.84 Å². The molecule has 0 aliphatic rings. The number of carbonyl (C=O) groups excluding carboxylic acids is 1. The minimum atomic E-state index is -0.881. The number of benzene rings is 1. The van der Waals surface area contributed by atoms with Crippen molar-refractivity contribution in [2.45, 2.75) is 12.8 Å². The number of carboxylic acid groups (broad SMARTS) is 1. The maximum atomic E-state index is 10.9. The highest BCUT2D eigenvalue weighted by atomic mass is 16.5. The molecule has 1 amide bonds. The van der Waals surface area contributed by atoms with Crippen LogP contribution in [0.3, 0.4) is 0 Å². The minimum absolute atomic E-state index is 0.556. The van der Waals surface area contributed by atoms with Gasteiger partial charge >= 0.3 is 12.1 Å². The van der Waals surface area contributed by atoms with Gasteiger partial charge in [-0.1, -0.05) is 12.1 Å². The van der Waals surface area contributed by atoms with Crippen molar-refractivity contribution in [1.29, 1.82) is 0 Å². The van der Waals surface area contributed by atoms with Crippen LogP contribution in [0.25, 0.3) is 0 Å².